The Hall–Kier alpha value is -2.18. The van der Waals surface area contributed by atoms with E-state index in [1.165, 1.54) is 5.56 Å². The maximum Gasteiger partial charge on any atom is 0.259 e. The van der Waals surface area contributed by atoms with Gasteiger partial charge in [-0.3, -0.25) is 4.79 Å². The first-order valence-electron chi connectivity index (χ1n) is 10.4. The first kappa shape index (κ1) is 19.2. The summed E-state index contributed by atoms with van der Waals surface area (Å²) in [6.07, 6.45) is 4.35. The highest BCUT2D eigenvalue weighted by molar-refractivity contribution is 5.27. The highest BCUT2D eigenvalue weighted by atomic mass is 16.5. The van der Waals surface area contributed by atoms with Gasteiger partial charge >= 0.3 is 0 Å². The van der Waals surface area contributed by atoms with Crippen LogP contribution in [0.25, 0.3) is 0 Å². The first-order chi connectivity index (χ1) is 13.6. The average Bonchev–Trinajstić information content (AvgIpc) is 3.53. The van der Waals surface area contributed by atoms with Crippen molar-refractivity contribution < 1.29 is 4.74 Å². The van der Waals surface area contributed by atoms with Crippen molar-refractivity contribution in [3.63, 3.8) is 0 Å². The molecule has 3 N–H and O–H groups in total. The smallest absolute Gasteiger partial charge is 0.259 e. The van der Waals surface area contributed by atoms with Crippen LogP contribution in [-0.2, 0) is 6.54 Å². The molecule has 2 aliphatic rings. The maximum atomic E-state index is 12.8. The fraction of sp³-hybridized carbons (Fsp3) is 0.545. The lowest BCUT2D eigenvalue weighted by atomic mass is 9.92. The van der Waals surface area contributed by atoms with Crippen molar-refractivity contribution in [2.75, 3.05) is 6.54 Å². The molecule has 1 aromatic carbocycles. The molecule has 0 amide bonds. The van der Waals surface area contributed by atoms with Crippen molar-refractivity contribution in [2.24, 2.45) is 0 Å². The minimum absolute atomic E-state index is 0.0199. The van der Waals surface area contributed by atoms with Crippen LogP contribution in [0.2, 0.25) is 0 Å². The minimum Gasteiger partial charge on any atom is -0.475 e. The topological polar surface area (TPSA) is 79.0 Å². The number of rotatable bonds is 7. The average molecular weight is 383 g/mol. The fourth-order valence-electron chi connectivity index (χ4n) is 3.87. The van der Waals surface area contributed by atoms with E-state index in [1.54, 1.807) is 0 Å². The number of H-pyrrole nitrogens is 1. The van der Waals surface area contributed by atoms with E-state index < -0.39 is 0 Å². The van der Waals surface area contributed by atoms with Crippen LogP contribution in [0.1, 0.15) is 68.4 Å². The molecule has 28 heavy (non-hydrogen) atoms. The SMILES string of the molecule is CC(C)Oc1nc(C2CC2)[nH]c(=O)c1CN[C@@H]1CCCN[C@@H]1c1ccccc1. The summed E-state index contributed by atoms with van der Waals surface area (Å²) in [7, 11) is 0. The van der Waals surface area contributed by atoms with Gasteiger partial charge in [-0.15, -0.1) is 0 Å². The Bertz CT molecular complexity index is 845. The van der Waals surface area contributed by atoms with Crippen molar-refractivity contribution >= 4 is 0 Å². The molecule has 2 fully saturated rings. The number of nitrogens with one attached hydrogen (secondary N) is 3. The second kappa shape index (κ2) is 8.45. The Balaban J connectivity index is 1.53. The quantitative estimate of drug-likeness (QED) is 0.686. The third-order valence-corrected chi connectivity index (χ3v) is 5.47. The first-order valence-corrected chi connectivity index (χ1v) is 10.4. The van der Waals surface area contributed by atoms with Gasteiger partial charge in [-0.25, -0.2) is 0 Å². The van der Waals surface area contributed by atoms with Crippen LogP contribution in [0, 0.1) is 0 Å². The van der Waals surface area contributed by atoms with Crippen molar-refractivity contribution in [3.8, 4) is 5.88 Å². The summed E-state index contributed by atoms with van der Waals surface area (Å²) < 4.78 is 5.91. The molecule has 1 aliphatic heterocycles. The zero-order valence-electron chi connectivity index (χ0n) is 16.7. The molecule has 2 heterocycles. The van der Waals surface area contributed by atoms with Crippen LogP contribution in [0.5, 0.6) is 5.88 Å². The molecule has 1 saturated heterocycles. The number of nitrogens with zero attached hydrogens (tertiary/aromatic N) is 1. The summed E-state index contributed by atoms with van der Waals surface area (Å²) >= 11 is 0. The molecule has 0 spiro atoms. The van der Waals surface area contributed by atoms with Gasteiger partial charge in [0.2, 0.25) is 5.88 Å². The highest BCUT2D eigenvalue weighted by Crippen LogP contribution is 2.38. The molecule has 2 aromatic rings. The number of aromatic amines is 1. The largest absolute Gasteiger partial charge is 0.475 e. The van der Waals surface area contributed by atoms with E-state index in [4.69, 9.17) is 4.74 Å². The molecule has 0 unspecified atom stereocenters. The van der Waals surface area contributed by atoms with Crippen LogP contribution in [-0.4, -0.2) is 28.7 Å². The third-order valence-electron chi connectivity index (χ3n) is 5.47. The zero-order chi connectivity index (χ0) is 19.5. The maximum absolute atomic E-state index is 12.8. The van der Waals surface area contributed by atoms with Gasteiger partial charge in [-0.05, 0) is 51.6 Å². The number of piperidine rings is 1. The van der Waals surface area contributed by atoms with Gasteiger partial charge in [0.15, 0.2) is 0 Å². The monoisotopic (exact) mass is 382 g/mol. The lowest BCUT2D eigenvalue weighted by Gasteiger charge is -2.34. The van der Waals surface area contributed by atoms with E-state index in [0.29, 0.717) is 23.9 Å². The molecular weight excluding hydrogens is 352 g/mol. The third kappa shape index (κ3) is 4.45. The highest BCUT2D eigenvalue weighted by Gasteiger charge is 2.29. The van der Waals surface area contributed by atoms with Crippen LogP contribution in [0.15, 0.2) is 35.1 Å². The Morgan fingerprint density at radius 2 is 2.00 bits per heavy atom. The van der Waals surface area contributed by atoms with E-state index in [-0.39, 0.29) is 23.7 Å². The van der Waals surface area contributed by atoms with Gasteiger partial charge < -0.3 is 20.4 Å². The summed E-state index contributed by atoms with van der Waals surface area (Å²) in [4.78, 5) is 20.4. The normalized spacial score (nSPS) is 22.4. The number of hydrogen-bond acceptors (Lipinski definition) is 5. The molecule has 1 saturated carbocycles. The number of ether oxygens (including phenoxy) is 1. The Morgan fingerprint density at radius 1 is 1.21 bits per heavy atom. The summed E-state index contributed by atoms with van der Waals surface area (Å²) in [6, 6.07) is 11.0. The second-order valence-electron chi connectivity index (χ2n) is 8.15. The molecule has 6 heteroatoms. The molecule has 2 atom stereocenters. The summed E-state index contributed by atoms with van der Waals surface area (Å²) in [6.45, 7) is 5.39. The Morgan fingerprint density at radius 3 is 2.71 bits per heavy atom. The van der Waals surface area contributed by atoms with Crippen LogP contribution in [0.3, 0.4) is 0 Å². The molecule has 1 aliphatic carbocycles. The summed E-state index contributed by atoms with van der Waals surface area (Å²) in [5.41, 5.74) is 1.78. The number of aromatic nitrogens is 2. The van der Waals surface area contributed by atoms with Gasteiger partial charge in [-0.1, -0.05) is 30.3 Å². The molecular formula is C22H30N4O2. The molecule has 4 rings (SSSR count). The van der Waals surface area contributed by atoms with Crippen LogP contribution in [0.4, 0.5) is 0 Å². The van der Waals surface area contributed by atoms with Crippen molar-refractivity contribution in [1.82, 2.24) is 20.6 Å². The molecule has 1 aromatic heterocycles. The van der Waals surface area contributed by atoms with Crippen molar-refractivity contribution in [3.05, 3.63) is 57.6 Å². The van der Waals surface area contributed by atoms with E-state index in [1.807, 2.05) is 19.9 Å². The number of hydrogen-bond donors (Lipinski definition) is 3. The molecule has 6 nitrogen and oxygen atoms in total. The van der Waals surface area contributed by atoms with Crippen LogP contribution >= 0.6 is 0 Å². The molecule has 0 radical (unpaired) electrons. The predicted molar refractivity (Wildman–Crippen MR) is 110 cm³/mol. The van der Waals surface area contributed by atoms with E-state index in [2.05, 4.69) is 44.9 Å². The van der Waals surface area contributed by atoms with Gasteiger partial charge in [-0.2, -0.15) is 4.98 Å². The Kier molecular flexibility index (Phi) is 5.78. The summed E-state index contributed by atoms with van der Waals surface area (Å²) in [5, 5.41) is 7.22. The van der Waals surface area contributed by atoms with E-state index in [9.17, 15) is 4.79 Å². The van der Waals surface area contributed by atoms with Crippen molar-refractivity contribution in [2.45, 2.75) is 70.2 Å². The number of benzene rings is 1. The van der Waals surface area contributed by atoms with Gasteiger partial charge in [0, 0.05) is 24.5 Å². The molecule has 0 bridgehead atoms. The van der Waals surface area contributed by atoms with Gasteiger partial charge in [0.05, 0.1) is 11.7 Å². The van der Waals surface area contributed by atoms with Gasteiger partial charge in [0.25, 0.3) is 5.56 Å². The lowest BCUT2D eigenvalue weighted by Crippen LogP contribution is -2.46. The predicted octanol–water partition coefficient (Wildman–Crippen LogP) is 3.02. The van der Waals surface area contributed by atoms with Gasteiger partial charge in [0.1, 0.15) is 5.82 Å². The summed E-state index contributed by atoms with van der Waals surface area (Å²) in [5.74, 6) is 1.63. The van der Waals surface area contributed by atoms with E-state index >= 15 is 0 Å². The van der Waals surface area contributed by atoms with E-state index in [0.717, 1.165) is 38.1 Å². The lowest BCUT2D eigenvalue weighted by molar-refractivity contribution is 0.226. The second-order valence-corrected chi connectivity index (χ2v) is 8.15. The van der Waals surface area contributed by atoms with Crippen molar-refractivity contribution in [1.29, 1.82) is 0 Å². The zero-order valence-corrected chi connectivity index (χ0v) is 16.7. The standard InChI is InChI=1S/C22H30N4O2/c1-14(2)28-22-17(21(27)25-20(26-22)16-10-11-16)13-24-18-9-6-12-23-19(18)15-7-4-3-5-8-15/h3-5,7-8,14,16,18-19,23-24H,6,9-13H2,1-2H3,(H,25,26,27)/t18-,19-/m1/s1. The minimum atomic E-state index is -0.0833. The molecule has 150 valence electrons. The fourth-order valence-corrected chi connectivity index (χ4v) is 3.87. The Labute approximate surface area is 166 Å². The van der Waals surface area contributed by atoms with Crippen LogP contribution < -0.4 is 20.9 Å².